The van der Waals surface area contributed by atoms with Crippen molar-refractivity contribution in [3.8, 4) is 11.1 Å². The first-order valence-corrected chi connectivity index (χ1v) is 9.96. The molecule has 142 valence electrons. The van der Waals surface area contributed by atoms with E-state index in [0.29, 0.717) is 38.3 Å². The van der Waals surface area contributed by atoms with Gasteiger partial charge < -0.3 is 14.9 Å². The number of carbonyl (C=O) groups excluding carboxylic acids is 1. The average molecular weight is 402 g/mol. The minimum Gasteiger partial charge on any atom is -0.355 e. The van der Waals surface area contributed by atoms with Crippen molar-refractivity contribution in [2.45, 2.75) is 4.90 Å². The van der Waals surface area contributed by atoms with Crippen molar-refractivity contribution in [2.75, 3.05) is 5.32 Å². The molecule has 4 aromatic rings. The number of aromatic nitrogens is 1. The van der Waals surface area contributed by atoms with E-state index < -0.39 is 11.1 Å². The number of pyridine rings is 1. The Balaban J connectivity index is 1.73. The summed E-state index contributed by atoms with van der Waals surface area (Å²) in [4.78, 5) is 28.6. The molecule has 1 atom stereocenters. The molecule has 29 heavy (non-hydrogen) atoms. The summed E-state index contributed by atoms with van der Waals surface area (Å²) in [6.07, 6.45) is 0. The number of nitrogens with one attached hydrogen (secondary N) is 2. The molecule has 0 saturated heterocycles. The van der Waals surface area contributed by atoms with Crippen molar-refractivity contribution in [1.82, 2.24) is 4.98 Å². The molecule has 1 aliphatic carbocycles. The number of anilines is 2. The van der Waals surface area contributed by atoms with Crippen LogP contribution >= 0.6 is 0 Å². The highest BCUT2D eigenvalue weighted by molar-refractivity contribution is 7.79. The molecule has 0 aliphatic heterocycles. The fraction of sp³-hybridized carbons (Fsp3) is 0. The molecular formula is C22H14N2O4S. The lowest BCUT2D eigenvalue weighted by Crippen LogP contribution is -2.16. The molecule has 3 aromatic carbocycles. The molecule has 1 aromatic heterocycles. The summed E-state index contributed by atoms with van der Waals surface area (Å²) in [5, 5.41) is 3.93. The fourth-order valence-corrected chi connectivity index (χ4v) is 4.14. The first-order valence-electron chi connectivity index (χ1n) is 8.85. The molecule has 7 heteroatoms. The summed E-state index contributed by atoms with van der Waals surface area (Å²) in [5.74, 6) is -0.124. The van der Waals surface area contributed by atoms with Crippen molar-refractivity contribution >= 4 is 39.1 Å². The quantitative estimate of drug-likeness (QED) is 0.395. The molecule has 3 N–H and O–H groups in total. The molecular weight excluding hydrogens is 388 g/mol. The number of ketones is 1. The summed E-state index contributed by atoms with van der Waals surface area (Å²) in [7, 11) is 0. The van der Waals surface area contributed by atoms with Crippen LogP contribution in [0.2, 0.25) is 0 Å². The van der Waals surface area contributed by atoms with Crippen molar-refractivity contribution in [3.05, 3.63) is 88.2 Å². The van der Waals surface area contributed by atoms with E-state index in [1.165, 1.54) is 6.07 Å². The first-order chi connectivity index (χ1) is 14.0. The lowest BCUT2D eigenvalue weighted by Gasteiger charge is -2.22. The Labute approximate surface area is 167 Å². The van der Waals surface area contributed by atoms with Gasteiger partial charge in [0, 0.05) is 28.2 Å². The second kappa shape index (κ2) is 6.51. The smallest absolute Gasteiger partial charge is 0.249 e. The maximum absolute atomic E-state index is 13.3. The number of benzene rings is 3. The van der Waals surface area contributed by atoms with Crippen LogP contribution in [-0.4, -0.2) is 19.5 Å². The Morgan fingerprint density at radius 2 is 1.59 bits per heavy atom. The third-order valence-corrected chi connectivity index (χ3v) is 5.71. The maximum Gasteiger partial charge on any atom is 0.249 e. The molecule has 0 amide bonds. The zero-order valence-electron chi connectivity index (χ0n) is 14.9. The predicted octanol–water partition coefficient (Wildman–Crippen LogP) is 4.06. The van der Waals surface area contributed by atoms with Gasteiger partial charge in [-0.1, -0.05) is 24.3 Å². The van der Waals surface area contributed by atoms with Crippen molar-refractivity contribution in [2.24, 2.45) is 0 Å². The van der Waals surface area contributed by atoms with Crippen LogP contribution in [0.5, 0.6) is 0 Å². The van der Waals surface area contributed by atoms with Gasteiger partial charge in [-0.05, 0) is 47.5 Å². The molecule has 6 nitrogen and oxygen atoms in total. The highest BCUT2D eigenvalue weighted by atomic mass is 32.2. The van der Waals surface area contributed by atoms with Crippen LogP contribution < -0.4 is 10.9 Å². The topological polar surface area (TPSA) is 99.3 Å². The van der Waals surface area contributed by atoms with Gasteiger partial charge in [0.2, 0.25) is 5.56 Å². The summed E-state index contributed by atoms with van der Waals surface area (Å²) in [6, 6.07) is 18.7. The second-order valence-electron chi connectivity index (χ2n) is 6.73. The second-order valence-corrected chi connectivity index (χ2v) is 7.70. The van der Waals surface area contributed by atoms with E-state index in [1.54, 1.807) is 48.5 Å². The summed E-state index contributed by atoms with van der Waals surface area (Å²) >= 11 is -2.05. The van der Waals surface area contributed by atoms with E-state index in [1.807, 2.05) is 12.1 Å². The number of hydrogen-bond donors (Lipinski definition) is 3. The Hall–Kier alpha value is -3.55. The number of hydrogen-bond acceptors (Lipinski definition) is 4. The average Bonchev–Trinajstić information content (AvgIpc) is 2.72. The van der Waals surface area contributed by atoms with Crippen LogP contribution in [0.25, 0.3) is 22.0 Å². The molecule has 0 spiro atoms. The van der Waals surface area contributed by atoms with Crippen molar-refractivity contribution in [1.29, 1.82) is 0 Å². The molecule has 1 unspecified atom stereocenters. The third-order valence-electron chi connectivity index (χ3n) is 5.03. The lowest BCUT2D eigenvalue weighted by atomic mass is 9.83. The van der Waals surface area contributed by atoms with E-state index >= 15 is 0 Å². The van der Waals surface area contributed by atoms with Crippen LogP contribution in [0.15, 0.2) is 76.4 Å². The van der Waals surface area contributed by atoms with Gasteiger partial charge in [-0.25, -0.2) is 4.21 Å². The molecule has 0 radical (unpaired) electrons. The van der Waals surface area contributed by atoms with Crippen LogP contribution in [0.1, 0.15) is 15.9 Å². The Kier molecular flexibility index (Phi) is 3.94. The van der Waals surface area contributed by atoms with Crippen molar-refractivity contribution in [3.63, 3.8) is 0 Å². The minimum absolute atomic E-state index is 0.124. The van der Waals surface area contributed by atoms with E-state index in [2.05, 4.69) is 10.3 Å². The normalized spacial score (nSPS) is 13.2. The molecule has 1 aliphatic rings. The fourth-order valence-electron chi connectivity index (χ4n) is 3.77. The Morgan fingerprint density at radius 1 is 0.862 bits per heavy atom. The third kappa shape index (κ3) is 2.79. The van der Waals surface area contributed by atoms with Crippen LogP contribution in [0, 0.1) is 0 Å². The van der Waals surface area contributed by atoms with Gasteiger partial charge in [-0.2, -0.15) is 0 Å². The maximum atomic E-state index is 13.3. The molecule has 0 fully saturated rings. The van der Waals surface area contributed by atoms with Crippen molar-refractivity contribution < 1.29 is 13.6 Å². The van der Waals surface area contributed by atoms with Gasteiger partial charge in [0.05, 0.1) is 16.1 Å². The molecule has 0 bridgehead atoms. The number of fused-ring (bicyclic) bond motifs is 2. The minimum atomic E-state index is -2.05. The largest absolute Gasteiger partial charge is 0.355 e. The highest BCUT2D eigenvalue weighted by Crippen LogP contribution is 2.41. The molecule has 1 heterocycles. The van der Waals surface area contributed by atoms with Crippen LogP contribution in [-0.2, 0) is 11.1 Å². The zero-order valence-corrected chi connectivity index (χ0v) is 15.7. The summed E-state index contributed by atoms with van der Waals surface area (Å²) in [5.41, 5.74) is 4.15. The molecule has 5 rings (SSSR count). The molecule has 0 saturated carbocycles. The summed E-state index contributed by atoms with van der Waals surface area (Å²) in [6.45, 7) is 0. The van der Waals surface area contributed by atoms with Crippen LogP contribution in [0.4, 0.5) is 11.4 Å². The van der Waals surface area contributed by atoms with Gasteiger partial charge in [0.25, 0.3) is 0 Å². The predicted molar refractivity (Wildman–Crippen MR) is 112 cm³/mol. The Morgan fingerprint density at radius 3 is 2.31 bits per heavy atom. The van der Waals surface area contributed by atoms with E-state index in [-0.39, 0.29) is 11.3 Å². The van der Waals surface area contributed by atoms with E-state index in [4.69, 9.17) is 0 Å². The highest BCUT2D eigenvalue weighted by Gasteiger charge is 2.28. The lowest BCUT2D eigenvalue weighted by molar-refractivity contribution is 0.104. The van der Waals surface area contributed by atoms with Gasteiger partial charge in [0.1, 0.15) is 0 Å². The van der Waals surface area contributed by atoms with Gasteiger partial charge in [-0.3, -0.25) is 9.59 Å². The number of carbonyl (C=O) groups is 1. The number of rotatable bonds is 3. The number of H-pyrrole nitrogens is 1. The standard InChI is InChI=1S/C22H14N2O4S/c25-19-11-16-14-3-1-2-4-15(14)22(26)21-18(10-9-17(24-19)20(16)21)23-12-5-7-13(8-6-12)29(27)28/h1-11,23H,(H,24,25)(H,27,28). The monoisotopic (exact) mass is 402 g/mol. The zero-order chi connectivity index (χ0) is 20.1. The van der Waals surface area contributed by atoms with E-state index in [9.17, 15) is 18.4 Å². The summed E-state index contributed by atoms with van der Waals surface area (Å²) < 4.78 is 20.3. The first kappa shape index (κ1) is 17.5. The number of aromatic amines is 1. The van der Waals surface area contributed by atoms with E-state index in [0.717, 1.165) is 11.1 Å². The van der Waals surface area contributed by atoms with Crippen LogP contribution in [0.3, 0.4) is 0 Å². The Bertz CT molecular complexity index is 1390. The van der Waals surface area contributed by atoms with Gasteiger partial charge >= 0.3 is 0 Å². The SMILES string of the molecule is O=C1c2ccccc2-c2cc(=O)[nH]c3ccc(Nc4ccc(S(=O)O)cc4)c1c23. The van der Waals surface area contributed by atoms with Gasteiger partial charge in [-0.15, -0.1) is 0 Å². The van der Waals surface area contributed by atoms with Gasteiger partial charge in [0.15, 0.2) is 16.9 Å².